The Labute approximate surface area is 96.4 Å². The van der Waals surface area contributed by atoms with Gasteiger partial charge in [-0.05, 0) is 6.42 Å². The lowest BCUT2D eigenvalue weighted by molar-refractivity contribution is 0.0883. The van der Waals surface area contributed by atoms with E-state index in [4.69, 9.17) is 0 Å². The van der Waals surface area contributed by atoms with Gasteiger partial charge in [-0.2, -0.15) is 9.78 Å². The lowest BCUT2D eigenvalue weighted by Crippen LogP contribution is -2.32. The maximum Gasteiger partial charge on any atom is 0.248 e. The number of fused-ring (bicyclic) bond motifs is 1. The summed E-state index contributed by atoms with van der Waals surface area (Å²) in [6.45, 7) is 0.972. The van der Waals surface area contributed by atoms with Gasteiger partial charge in [0.2, 0.25) is 5.91 Å². The molecular formula is C9H12IN3O. The van der Waals surface area contributed by atoms with Crippen molar-refractivity contribution in [2.24, 2.45) is 0 Å². The van der Waals surface area contributed by atoms with E-state index in [1.165, 1.54) is 4.68 Å². The molecule has 1 aromatic heterocycles. The van der Waals surface area contributed by atoms with Crippen LogP contribution in [0.5, 0.6) is 0 Å². The monoisotopic (exact) mass is 305 g/mol. The summed E-state index contributed by atoms with van der Waals surface area (Å²) in [4.78, 5) is 13.8. The lowest BCUT2D eigenvalue weighted by Gasteiger charge is -2.25. The largest absolute Gasteiger partial charge is 0.358 e. The highest BCUT2D eigenvalue weighted by atomic mass is 127. The Kier molecular flexibility index (Phi) is 2.76. The molecule has 1 unspecified atom stereocenters. The van der Waals surface area contributed by atoms with Crippen molar-refractivity contribution >= 4 is 34.3 Å². The maximum atomic E-state index is 11.7. The standard InChI is InChI=1S/C9H12IN3O/c1-12-6-7(10)2-3-9(14)13-8(12)4-5-11-13/h4-5,7H,2-3,6H2,1H3. The van der Waals surface area contributed by atoms with Gasteiger partial charge in [-0.25, -0.2) is 0 Å². The second-order valence-corrected chi connectivity index (χ2v) is 5.27. The molecule has 0 bridgehead atoms. The third-order valence-corrected chi connectivity index (χ3v) is 3.41. The van der Waals surface area contributed by atoms with Crippen LogP contribution in [0.4, 0.5) is 5.82 Å². The van der Waals surface area contributed by atoms with Crippen LogP contribution in [0.2, 0.25) is 0 Å². The molecule has 0 saturated heterocycles. The van der Waals surface area contributed by atoms with Crippen molar-refractivity contribution in [2.75, 3.05) is 18.5 Å². The first-order valence-electron chi connectivity index (χ1n) is 4.61. The predicted octanol–water partition coefficient (Wildman–Crippen LogP) is 1.56. The molecular weight excluding hydrogens is 293 g/mol. The van der Waals surface area contributed by atoms with E-state index < -0.39 is 0 Å². The molecule has 76 valence electrons. The van der Waals surface area contributed by atoms with Crippen LogP contribution < -0.4 is 4.90 Å². The Morgan fingerprint density at radius 3 is 3.21 bits per heavy atom. The van der Waals surface area contributed by atoms with Crippen LogP contribution in [-0.4, -0.2) is 33.2 Å². The number of aromatic nitrogens is 2. The van der Waals surface area contributed by atoms with Crippen LogP contribution in [0.25, 0.3) is 0 Å². The molecule has 1 aliphatic rings. The second kappa shape index (κ2) is 3.88. The van der Waals surface area contributed by atoms with Crippen LogP contribution in [0, 0.1) is 0 Å². The first kappa shape index (κ1) is 9.95. The fourth-order valence-corrected chi connectivity index (χ4v) is 2.55. The van der Waals surface area contributed by atoms with E-state index in [-0.39, 0.29) is 5.91 Å². The molecule has 0 radical (unpaired) electrons. The average Bonchev–Trinajstić information content (AvgIpc) is 2.60. The topological polar surface area (TPSA) is 38.1 Å². The van der Waals surface area contributed by atoms with Crippen molar-refractivity contribution < 1.29 is 4.79 Å². The highest BCUT2D eigenvalue weighted by Gasteiger charge is 2.20. The molecule has 0 spiro atoms. The Bertz CT molecular complexity index is 350. The van der Waals surface area contributed by atoms with Crippen LogP contribution in [-0.2, 0) is 0 Å². The van der Waals surface area contributed by atoms with E-state index in [9.17, 15) is 4.79 Å². The van der Waals surface area contributed by atoms with E-state index in [0.29, 0.717) is 10.3 Å². The van der Waals surface area contributed by atoms with Crippen molar-refractivity contribution in [3.05, 3.63) is 12.3 Å². The second-order valence-electron chi connectivity index (χ2n) is 3.51. The van der Waals surface area contributed by atoms with Gasteiger partial charge in [0.15, 0.2) is 0 Å². The summed E-state index contributed by atoms with van der Waals surface area (Å²) in [6, 6.07) is 1.88. The minimum absolute atomic E-state index is 0.0956. The first-order valence-corrected chi connectivity index (χ1v) is 5.85. The van der Waals surface area contributed by atoms with Gasteiger partial charge in [0, 0.05) is 30.0 Å². The van der Waals surface area contributed by atoms with Gasteiger partial charge >= 0.3 is 0 Å². The van der Waals surface area contributed by atoms with Crippen LogP contribution in [0.15, 0.2) is 12.3 Å². The fraction of sp³-hybridized carbons (Fsp3) is 0.556. The van der Waals surface area contributed by atoms with Crippen LogP contribution in [0.1, 0.15) is 17.6 Å². The third-order valence-electron chi connectivity index (χ3n) is 2.39. The highest BCUT2D eigenvalue weighted by molar-refractivity contribution is 14.1. The molecule has 14 heavy (non-hydrogen) atoms. The van der Waals surface area contributed by atoms with Crippen molar-refractivity contribution in [2.45, 2.75) is 16.8 Å². The van der Waals surface area contributed by atoms with Gasteiger partial charge in [0.25, 0.3) is 0 Å². The van der Waals surface area contributed by atoms with Gasteiger partial charge in [-0.3, -0.25) is 4.79 Å². The van der Waals surface area contributed by atoms with Crippen molar-refractivity contribution in [1.29, 1.82) is 0 Å². The number of halogens is 1. The average molecular weight is 305 g/mol. The zero-order valence-corrected chi connectivity index (χ0v) is 10.1. The third kappa shape index (κ3) is 1.77. The van der Waals surface area contributed by atoms with Gasteiger partial charge in [0.1, 0.15) is 5.82 Å². The molecule has 0 saturated carbocycles. The molecule has 5 heteroatoms. The minimum Gasteiger partial charge on any atom is -0.358 e. The zero-order chi connectivity index (χ0) is 10.1. The fourth-order valence-electron chi connectivity index (χ4n) is 1.65. The summed E-state index contributed by atoms with van der Waals surface area (Å²) in [7, 11) is 2.00. The van der Waals surface area contributed by atoms with Gasteiger partial charge < -0.3 is 4.90 Å². The quantitative estimate of drug-likeness (QED) is 0.539. The molecule has 2 rings (SSSR count). The SMILES string of the molecule is CN1CC(I)CCC(=O)n2nccc21. The number of rotatable bonds is 0. The minimum atomic E-state index is 0.0956. The van der Waals surface area contributed by atoms with Crippen molar-refractivity contribution in [1.82, 2.24) is 9.78 Å². The van der Waals surface area contributed by atoms with Gasteiger partial charge in [0.05, 0.1) is 6.20 Å². The summed E-state index contributed by atoms with van der Waals surface area (Å²) in [5.74, 6) is 0.995. The van der Waals surface area contributed by atoms with Gasteiger partial charge in [-0.1, -0.05) is 22.6 Å². The van der Waals surface area contributed by atoms with E-state index in [0.717, 1.165) is 18.8 Å². The van der Waals surface area contributed by atoms with E-state index in [1.54, 1.807) is 6.20 Å². The normalized spacial score (nSPS) is 22.9. The molecule has 0 aliphatic carbocycles. The summed E-state index contributed by atoms with van der Waals surface area (Å²) in [5, 5.41) is 4.04. The first-order chi connectivity index (χ1) is 6.68. The Morgan fingerprint density at radius 1 is 1.64 bits per heavy atom. The summed E-state index contributed by atoms with van der Waals surface area (Å²) < 4.78 is 2.04. The molecule has 1 aliphatic heterocycles. The smallest absolute Gasteiger partial charge is 0.248 e. The maximum absolute atomic E-state index is 11.7. The van der Waals surface area contributed by atoms with E-state index in [1.807, 2.05) is 13.1 Å². The number of nitrogens with zero attached hydrogens (tertiary/aromatic N) is 3. The molecule has 2 heterocycles. The number of carbonyl (C=O) groups is 1. The molecule has 0 fully saturated rings. The molecule has 0 amide bonds. The number of anilines is 1. The van der Waals surface area contributed by atoms with Crippen molar-refractivity contribution in [3.63, 3.8) is 0 Å². The Hall–Kier alpha value is -0.590. The molecule has 1 aromatic rings. The number of hydrogen-bond acceptors (Lipinski definition) is 3. The molecule has 1 atom stereocenters. The van der Waals surface area contributed by atoms with E-state index in [2.05, 4.69) is 32.6 Å². The van der Waals surface area contributed by atoms with Gasteiger partial charge in [-0.15, -0.1) is 0 Å². The van der Waals surface area contributed by atoms with Crippen LogP contribution >= 0.6 is 22.6 Å². The predicted molar refractivity (Wildman–Crippen MR) is 63.2 cm³/mol. The number of carbonyl (C=O) groups excluding carboxylic acids is 1. The Morgan fingerprint density at radius 2 is 2.43 bits per heavy atom. The van der Waals surface area contributed by atoms with Crippen LogP contribution in [0.3, 0.4) is 0 Å². The lowest BCUT2D eigenvalue weighted by atomic mass is 10.2. The Balaban J connectivity index is 2.36. The summed E-state index contributed by atoms with van der Waals surface area (Å²) in [6.07, 6.45) is 3.20. The summed E-state index contributed by atoms with van der Waals surface area (Å²) in [5.41, 5.74) is 0. The highest BCUT2D eigenvalue weighted by Crippen LogP contribution is 2.20. The summed E-state index contributed by atoms with van der Waals surface area (Å²) >= 11 is 2.40. The zero-order valence-electron chi connectivity index (χ0n) is 7.98. The molecule has 0 aromatic carbocycles. The van der Waals surface area contributed by atoms with Crippen molar-refractivity contribution in [3.8, 4) is 0 Å². The van der Waals surface area contributed by atoms with E-state index >= 15 is 0 Å². The molecule has 4 nitrogen and oxygen atoms in total. The molecule has 0 N–H and O–H groups in total. The number of alkyl halides is 1. The number of hydrogen-bond donors (Lipinski definition) is 0.